The molecule has 1 N–H and O–H groups in total. The molecule has 4 rings (SSSR count). The van der Waals surface area contributed by atoms with Crippen molar-refractivity contribution >= 4 is 5.84 Å². The standard InChI is InChI=1S/C21H22N4O3/c1-3-26-17-10-9-16(13-18(17)27-4-2)21-24-20(25-28-21)15-7-5-14(6-8-15)19-22-11-12-23-19/h5-10,13H,3-4,11-12H2,1-2H3,(H,22,23). The van der Waals surface area contributed by atoms with Crippen LogP contribution in [-0.4, -0.2) is 42.3 Å². The molecule has 7 heteroatoms. The number of hydrogen-bond donors (Lipinski definition) is 1. The summed E-state index contributed by atoms with van der Waals surface area (Å²) in [7, 11) is 0. The fraction of sp³-hybridized carbons (Fsp3) is 0.286. The molecule has 0 radical (unpaired) electrons. The molecule has 0 aliphatic carbocycles. The van der Waals surface area contributed by atoms with Gasteiger partial charge in [-0.05, 0) is 32.0 Å². The van der Waals surface area contributed by atoms with Gasteiger partial charge < -0.3 is 19.3 Å². The number of amidine groups is 1. The minimum atomic E-state index is 0.435. The van der Waals surface area contributed by atoms with E-state index in [9.17, 15) is 0 Å². The zero-order valence-corrected chi connectivity index (χ0v) is 15.9. The highest BCUT2D eigenvalue weighted by atomic mass is 16.5. The molecule has 3 aromatic rings. The number of benzene rings is 2. The summed E-state index contributed by atoms with van der Waals surface area (Å²) in [6.45, 7) is 6.69. The van der Waals surface area contributed by atoms with Crippen molar-refractivity contribution in [3.63, 3.8) is 0 Å². The van der Waals surface area contributed by atoms with Crippen LogP contribution in [0.2, 0.25) is 0 Å². The highest BCUT2D eigenvalue weighted by Gasteiger charge is 2.15. The highest BCUT2D eigenvalue weighted by molar-refractivity contribution is 6.00. The largest absolute Gasteiger partial charge is 0.490 e. The van der Waals surface area contributed by atoms with Gasteiger partial charge in [0.1, 0.15) is 5.84 Å². The van der Waals surface area contributed by atoms with Crippen LogP contribution >= 0.6 is 0 Å². The van der Waals surface area contributed by atoms with Gasteiger partial charge in [0.2, 0.25) is 5.82 Å². The highest BCUT2D eigenvalue weighted by Crippen LogP contribution is 2.33. The summed E-state index contributed by atoms with van der Waals surface area (Å²) >= 11 is 0. The van der Waals surface area contributed by atoms with Gasteiger partial charge >= 0.3 is 0 Å². The second-order valence-corrected chi connectivity index (χ2v) is 6.19. The van der Waals surface area contributed by atoms with Crippen molar-refractivity contribution in [2.24, 2.45) is 4.99 Å². The van der Waals surface area contributed by atoms with Crippen molar-refractivity contribution in [1.82, 2.24) is 15.5 Å². The van der Waals surface area contributed by atoms with Crippen molar-refractivity contribution in [1.29, 1.82) is 0 Å². The smallest absolute Gasteiger partial charge is 0.258 e. The molecule has 1 aliphatic rings. The van der Waals surface area contributed by atoms with Crippen LogP contribution < -0.4 is 14.8 Å². The van der Waals surface area contributed by atoms with Crippen LogP contribution in [0.5, 0.6) is 11.5 Å². The van der Waals surface area contributed by atoms with Crippen molar-refractivity contribution in [2.45, 2.75) is 13.8 Å². The maximum Gasteiger partial charge on any atom is 0.258 e. The van der Waals surface area contributed by atoms with E-state index in [0.29, 0.717) is 36.4 Å². The molecule has 1 aliphatic heterocycles. The predicted molar refractivity (Wildman–Crippen MR) is 107 cm³/mol. The van der Waals surface area contributed by atoms with Gasteiger partial charge in [-0.3, -0.25) is 4.99 Å². The third-order valence-electron chi connectivity index (χ3n) is 4.31. The molecule has 0 spiro atoms. The van der Waals surface area contributed by atoms with Crippen LogP contribution in [-0.2, 0) is 0 Å². The van der Waals surface area contributed by atoms with Gasteiger partial charge in [0.05, 0.1) is 19.8 Å². The zero-order valence-electron chi connectivity index (χ0n) is 15.9. The summed E-state index contributed by atoms with van der Waals surface area (Å²) in [4.78, 5) is 8.96. The number of ether oxygens (including phenoxy) is 2. The van der Waals surface area contributed by atoms with Gasteiger partial charge in [-0.1, -0.05) is 29.4 Å². The third kappa shape index (κ3) is 3.69. The van der Waals surface area contributed by atoms with E-state index in [4.69, 9.17) is 14.0 Å². The molecule has 0 saturated heterocycles. The van der Waals surface area contributed by atoms with E-state index in [1.165, 1.54) is 0 Å². The number of hydrogen-bond acceptors (Lipinski definition) is 7. The molecule has 0 saturated carbocycles. The molecule has 0 amide bonds. The molecular formula is C21H22N4O3. The molecule has 1 aromatic heterocycles. The van der Waals surface area contributed by atoms with E-state index in [-0.39, 0.29) is 0 Å². The average Bonchev–Trinajstić information content (AvgIpc) is 3.42. The lowest BCUT2D eigenvalue weighted by atomic mass is 10.1. The molecule has 0 fully saturated rings. The Kier molecular flexibility index (Phi) is 5.23. The molecule has 0 unspecified atom stereocenters. The van der Waals surface area contributed by atoms with E-state index in [0.717, 1.165) is 35.6 Å². The fourth-order valence-electron chi connectivity index (χ4n) is 3.01. The maximum absolute atomic E-state index is 5.67. The molecule has 144 valence electrons. The molecule has 2 aromatic carbocycles. The first-order valence-corrected chi connectivity index (χ1v) is 9.41. The van der Waals surface area contributed by atoms with Crippen molar-refractivity contribution < 1.29 is 14.0 Å². The first-order valence-electron chi connectivity index (χ1n) is 9.41. The minimum Gasteiger partial charge on any atom is -0.490 e. The lowest BCUT2D eigenvalue weighted by molar-refractivity contribution is 0.288. The average molecular weight is 378 g/mol. The van der Waals surface area contributed by atoms with Crippen LogP contribution in [0, 0.1) is 0 Å². The summed E-state index contributed by atoms with van der Waals surface area (Å²) in [5.41, 5.74) is 2.72. The van der Waals surface area contributed by atoms with Crippen molar-refractivity contribution in [3.05, 3.63) is 48.0 Å². The summed E-state index contributed by atoms with van der Waals surface area (Å²) in [5, 5.41) is 7.39. The summed E-state index contributed by atoms with van der Waals surface area (Å²) in [6, 6.07) is 13.6. The molecule has 2 heterocycles. The van der Waals surface area contributed by atoms with Crippen LogP contribution in [0.3, 0.4) is 0 Å². The number of aliphatic imine (C=N–C) groups is 1. The van der Waals surface area contributed by atoms with E-state index >= 15 is 0 Å². The Morgan fingerprint density at radius 1 is 0.929 bits per heavy atom. The predicted octanol–water partition coefficient (Wildman–Crippen LogP) is 3.55. The van der Waals surface area contributed by atoms with Gasteiger partial charge in [0.15, 0.2) is 11.5 Å². The van der Waals surface area contributed by atoms with Crippen LogP contribution in [0.4, 0.5) is 0 Å². The van der Waals surface area contributed by atoms with Gasteiger partial charge in [0.25, 0.3) is 5.89 Å². The second kappa shape index (κ2) is 8.12. The van der Waals surface area contributed by atoms with E-state index in [1.54, 1.807) is 0 Å². The van der Waals surface area contributed by atoms with Crippen LogP contribution in [0.25, 0.3) is 22.8 Å². The summed E-state index contributed by atoms with van der Waals surface area (Å²) in [6.07, 6.45) is 0. The topological polar surface area (TPSA) is 81.8 Å². The molecule has 28 heavy (non-hydrogen) atoms. The van der Waals surface area contributed by atoms with Gasteiger partial charge in [-0.15, -0.1) is 0 Å². The summed E-state index contributed by atoms with van der Waals surface area (Å²) in [5.74, 6) is 3.26. The van der Waals surface area contributed by atoms with Crippen molar-refractivity contribution in [2.75, 3.05) is 26.3 Å². The molecule has 0 atom stereocenters. The Balaban J connectivity index is 1.58. The monoisotopic (exact) mass is 378 g/mol. The van der Waals surface area contributed by atoms with E-state index < -0.39 is 0 Å². The number of rotatable bonds is 7. The Bertz CT molecular complexity index is 980. The first-order chi connectivity index (χ1) is 13.8. The van der Waals surface area contributed by atoms with Gasteiger partial charge in [-0.2, -0.15) is 4.98 Å². The second-order valence-electron chi connectivity index (χ2n) is 6.19. The quantitative estimate of drug-likeness (QED) is 0.677. The minimum absolute atomic E-state index is 0.435. The van der Waals surface area contributed by atoms with Gasteiger partial charge in [-0.25, -0.2) is 0 Å². The van der Waals surface area contributed by atoms with Crippen LogP contribution in [0.15, 0.2) is 52.0 Å². The molecule has 7 nitrogen and oxygen atoms in total. The Hall–Kier alpha value is -3.35. The number of nitrogens with zero attached hydrogens (tertiary/aromatic N) is 3. The maximum atomic E-state index is 5.67. The number of nitrogens with one attached hydrogen (secondary N) is 1. The normalized spacial score (nSPS) is 13.1. The number of aromatic nitrogens is 2. The van der Waals surface area contributed by atoms with E-state index in [2.05, 4.69) is 20.4 Å². The van der Waals surface area contributed by atoms with Crippen LogP contribution in [0.1, 0.15) is 19.4 Å². The Morgan fingerprint density at radius 3 is 2.36 bits per heavy atom. The Labute approximate surface area is 163 Å². The third-order valence-corrected chi connectivity index (χ3v) is 4.31. The first kappa shape index (κ1) is 18.0. The van der Waals surface area contributed by atoms with Gasteiger partial charge in [0, 0.05) is 23.2 Å². The molecule has 0 bridgehead atoms. The molecular weight excluding hydrogens is 356 g/mol. The lowest BCUT2D eigenvalue weighted by Crippen LogP contribution is -2.19. The fourth-order valence-corrected chi connectivity index (χ4v) is 3.01. The lowest BCUT2D eigenvalue weighted by Gasteiger charge is -2.11. The SMILES string of the molecule is CCOc1ccc(-c2nc(-c3ccc(C4=NCCN4)cc3)no2)cc1OCC. The Morgan fingerprint density at radius 2 is 1.64 bits per heavy atom. The van der Waals surface area contributed by atoms with E-state index in [1.807, 2.05) is 56.3 Å². The van der Waals surface area contributed by atoms with Crippen molar-refractivity contribution in [3.8, 4) is 34.3 Å². The summed E-state index contributed by atoms with van der Waals surface area (Å²) < 4.78 is 16.7. The zero-order chi connectivity index (χ0) is 19.3.